The highest BCUT2D eigenvalue weighted by Crippen LogP contribution is 2.31. The molecule has 1 aliphatic rings. The predicted molar refractivity (Wildman–Crippen MR) is 44.8 cm³/mol. The van der Waals surface area contributed by atoms with Crippen LogP contribution in [-0.4, -0.2) is 20.7 Å². The summed E-state index contributed by atoms with van der Waals surface area (Å²) in [4.78, 5) is 0. The third-order valence-corrected chi connectivity index (χ3v) is 3.36. The number of rotatable bonds is 5. The molecule has 0 aromatic rings. The summed E-state index contributed by atoms with van der Waals surface area (Å²) in [6, 6.07) is 0. The molecule has 0 aromatic carbocycles. The van der Waals surface area contributed by atoms with Gasteiger partial charge in [0.15, 0.2) is 0 Å². The van der Waals surface area contributed by atoms with Crippen molar-refractivity contribution in [2.75, 3.05) is 12.3 Å². The molecule has 1 aliphatic carbocycles. The first-order valence-corrected chi connectivity index (χ1v) is 5.76. The Balaban J connectivity index is 2.09. The van der Waals surface area contributed by atoms with Crippen molar-refractivity contribution >= 4 is 10.0 Å². The van der Waals surface area contributed by atoms with Crippen LogP contribution < -0.4 is 4.72 Å². The number of hydrogen-bond acceptors (Lipinski definition) is 2. The summed E-state index contributed by atoms with van der Waals surface area (Å²) >= 11 is 0. The predicted octanol–water partition coefficient (Wildman–Crippen LogP) is 0.726. The second kappa shape index (κ2) is 3.54. The third kappa shape index (κ3) is 3.72. The van der Waals surface area contributed by atoms with E-state index in [2.05, 4.69) is 4.72 Å². The molecule has 1 fully saturated rings. The molecule has 11 heavy (non-hydrogen) atoms. The zero-order chi connectivity index (χ0) is 8.32. The lowest BCUT2D eigenvalue weighted by Gasteiger charge is -2.01. The fourth-order valence-corrected chi connectivity index (χ4v) is 1.56. The molecule has 0 heterocycles. The van der Waals surface area contributed by atoms with Crippen molar-refractivity contribution in [1.82, 2.24) is 4.72 Å². The van der Waals surface area contributed by atoms with Crippen LogP contribution >= 0.6 is 0 Å². The Morgan fingerprint density at radius 1 is 1.45 bits per heavy atom. The second-order valence-corrected chi connectivity index (χ2v) is 5.13. The second-order valence-electron chi connectivity index (χ2n) is 3.03. The first-order valence-electron chi connectivity index (χ1n) is 4.11. The van der Waals surface area contributed by atoms with E-state index in [4.69, 9.17) is 0 Å². The summed E-state index contributed by atoms with van der Waals surface area (Å²) in [5.41, 5.74) is 0. The molecule has 0 atom stereocenters. The summed E-state index contributed by atoms with van der Waals surface area (Å²) in [5.74, 6) is 0.993. The highest BCUT2D eigenvalue weighted by atomic mass is 32.2. The van der Waals surface area contributed by atoms with Crippen LogP contribution in [-0.2, 0) is 10.0 Å². The largest absolute Gasteiger partial charge is 0.215 e. The minimum atomic E-state index is -2.94. The Kier molecular flexibility index (Phi) is 2.90. The zero-order valence-electron chi connectivity index (χ0n) is 6.84. The van der Waals surface area contributed by atoms with E-state index in [-0.39, 0.29) is 5.75 Å². The molecule has 0 spiro atoms. The zero-order valence-corrected chi connectivity index (χ0v) is 7.65. The van der Waals surface area contributed by atoms with Crippen molar-refractivity contribution in [2.45, 2.75) is 26.2 Å². The SMILES string of the molecule is CCS(=O)(=O)NCCC1CC1. The summed E-state index contributed by atoms with van der Waals surface area (Å²) < 4.78 is 24.3. The van der Waals surface area contributed by atoms with Crippen LogP contribution in [0.4, 0.5) is 0 Å². The average Bonchev–Trinajstić information content (AvgIpc) is 2.71. The van der Waals surface area contributed by atoms with Gasteiger partial charge < -0.3 is 0 Å². The molecular weight excluding hydrogens is 162 g/mol. The molecule has 0 saturated heterocycles. The molecule has 0 aromatic heterocycles. The first kappa shape index (κ1) is 9.00. The van der Waals surface area contributed by atoms with Gasteiger partial charge >= 0.3 is 0 Å². The maximum Gasteiger partial charge on any atom is 0.211 e. The van der Waals surface area contributed by atoms with Crippen molar-refractivity contribution in [2.24, 2.45) is 5.92 Å². The van der Waals surface area contributed by atoms with E-state index >= 15 is 0 Å². The van der Waals surface area contributed by atoms with Gasteiger partial charge in [0.25, 0.3) is 0 Å². The van der Waals surface area contributed by atoms with Crippen molar-refractivity contribution in [3.8, 4) is 0 Å². The van der Waals surface area contributed by atoms with Crippen molar-refractivity contribution in [3.05, 3.63) is 0 Å². The van der Waals surface area contributed by atoms with E-state index in [1.165, 1.54) is 12.8 Å². The lowest BCUT2D eigenvalue weighted by molar-refractivity contribution is 0.576. The molecule has 0 amide bonds. The summed E-state index contributed by atoms with van der Waals surface area (Å²) in [5, 5.41) is 0. The quantitative estimate of drug-likeness (QED) is 0.672. The van der Waals surface area contributed by atoms with E-state index in [0.29, 0.717) is 6.54 Å². The fraction of sp³-hybridized carbons (Fsp3) is 1.00. The highest BCUT2D eigenvalue weighted by Gasteiger charge is 2.20. The minimum absolute atomic E-state index is 0.192. The summed E-state index contributed by atoms with van der Waals surface area (Å²) in [6.45, 7) is 2.28. The molecule has 3 nitrogen and oxygen atoms in total. The molecule has 4 heteroatoms. The Bertz CT molecular complexity index is 206. The van der Waals surface area contributed by atoms with Crippen molar-refractivity contribution in [3.63, 3.8) is 0 Å². The third-order valence-electron chi connectivity index (χ3n) is 1.95. The van der Waals surface area contributed by atoms with E-state index in [9.17, 15) is 8.42 Å². The summed E-state index contributed by atoms with van der Waals surface area (Å²) in [6.07, 6.45) is 3.58. The monoisotopic (exact) mass is 177 g/mol. The van der Waals surface area contributed by atoms with Crippen LogP contribution in [0.1, 0.15) is 26.2 Å². The lowest BCUT2D eigenvalue weighted by atomic mass is 10.3. The van der Waals surface area contributed by atoms with Gasteiger partial charge in [-0.1, -0.05) is 12.8 Å². The van der Waals surface area contributed by atoms with E-state index < -0.39 is 10.0 Å². The van der Waals surface area contributed by atoms with Gasteiger partial charge in [0, 0.05) is 6.54 Å². The highest BCUT2D eigenvalue weighted by molar-refractivity contribution is 7.89. The van der Waals surface area contributed by atoms with Gasteiger partial charge in [-0.3, -0.25) is 0 Å². The molecule has 0 radical (unpaired) electrons. The maximum absolute atomic E-state index is 10.9. The van der Waals surface area contributed by atoms with Crippen LogP contribution in [0.25, 0.3) is 0 Å². The Morgan fingerprint density at radius 3 is 2.55 bits per heavy atom. The Morgan fingerprint density at radius 2 is 2.09 bits per heavy atom. The fourth-order valence-electron chi connectivity index (χ4n) is 0.927. The Labute approximate surface area is 68.2 Å². The topological polar surface area (TPSA) is 46.2 Å². The normalized spacial score (nSPS) is 18.6. The standard InChI is InChI=1S/C7H15NO2S/c1-2-11(9,10)8-6-5-7-3-4-7/h7-8H,2-6H2,1H3. The minimum Gasteiger partial charge on any atom is -0.215 e. The lowest BCUT2D eigenvalue weighted by Crippen LogP contribution is -2.26. The average molecular weight is 177 g/mol. The maximum atomic E-state index is 10.9. The molecule has 66 valence electrons. The van der Waals surface area contributed by atoms with Gasteiger partial charge in [0.1, 0.15) is 0 Å². The molecule has 1 N–H and O–H groups in total. The first-order chi connectivity index (χ1) is 5.14. The van der Waals surface area contributed by atoms with E-state index in [1.807, 2.05) is 0 Å². The number of hydrogen-bond donors (Lipinski definition) is 1. The number of sulfonamides is 1. The van der Waals surface area contributed by atoms with Gasteiger partial charge in [-0.25, -0.2) is 13.1 Å². The summed E-state index contributed by atoms with van der Waals surface area (Å²) in [7, 11) is -2.94. The van der Waals surface area contributed by atoms with Gasteiger partial charge in [-0.15, -0.1) is 0 Å². The van der Waals surface area contributed by atoms with Gasteiger partial charge in [-0.05, 0) is 19.3 Å². The van der Waals surface area contributed by atoms with Crippen LogP contribution in [0.5, 0.6) is 0 Å². The van der Waals surface area contributed by atoms with Crippen molar-refractivity contribution in [1.29, 1.82) is 0 Å². The molecule has 1 rings (SSSR count). The molecule has 0 aliphatic heterocycles. The van der Waals surface area contributed by atoms with Gasteiger partial charge in [0.05, 0.1) is 5.75 Å². The molecule has 0 bridgehead atoms. The van der Waals surface area contributed by atoms with Crippen molar-refractivity contribution < 1.29 is 8.42 Å². The van der Waals surface area contributed by atoms with E-state index in [1.54, 1.807) is 6.92 Å². The van der Waals surface area contributed by atoms with Crippen LogP contribution in [0, 0.1) is 5.92 Å². The smallest absolute Gasteiger partial charge is 0.211 e. The van der Waals surface area contributed by atoms with Crippen LogP contribution in [0.3, 0.4) is 0 Å². The van der Waals surface area contributed by atoms with Gasteiger partial charge in [0.2, 0.25) is 10.0 Å². The number of nitrogens with one attached hydrogen (secondary N) is 1. The molecule has 1 saturated carbocycles. The van der Waals surface area contributed by atoms with Crippen LogP contribution in [0.2, 0.25) is 0 Å². The van der Waals surface area contributed by atoms with Crippen LogP contribution in [0.15, 0.2) is 0 Å². The molecule has 0 unspecified atom stereocenters. The van der Waals surface area contributed by atoms with Gasteiger partial charge in [-0.2, -0.15) is 0 Å². The molecular formula is C7H15NO2S. The van der Waals surface area contributed by atoms with E-state index in [0.717, 1.165) is 12.3 Å². The Hall–Kier alpha value is -0.0900.